The summed E-state index contributed by atoms with van der Waals surface area (Å²) in [6, 6.07) is -5.58. The molecule has 0 aromatic heterocycles. The van der Waals surface area contributed by atoms with Crippen molar-refractivity contribution in [3.63, 3.8) is 0 Å². The minimum absolute atomic E-state index is 0.00445. The van der Waals surface area contributed by atoms with Crippen LogP contribution in [0.5, 0.6) is 0 Å². The van der Waals surface area contributed by atoms with E-state index in [9.17, 15) is 79.0 Å². The number of nitrogens with zero attached hydrogens (tertiary/aromatic N) is 2. The number of aliphatic hydroxyl groups is 6. The quantitative estimate of drug-likeness (QED) is 0.0410. The zero-order valence-corrected chi connectivity index (χ0v) is 43.5. The molecule has 420 valence electrons. The normalized spacial score (nSPS) is 27.5. The third-order valence-corrected chi connectivity index (χ3v) is 14.4. The zero-order valence-electron chi connectivity index (χ0n) is 43.5. The molecule has 25 heteroatoms. The van der Waals surface area contributed by atoms with Crippen LogP contribution in [0.2, 0.25) is 0 Å². The lowest BCUT2D eigenvalue weighted by atomic mass is 9.80. The topological polar surface area (TPSA) is 391 Å². The first kappa shape index (κ1) is 62.3. The van der Waals surface area contributed by atoms with Crippen molar-refractivity contribution >= 4 is 59.8 Å². The minimum atomic E-state index is -2.13. The number of amides is 8. The van der Waals surface area contributed by atoms with Crippen molar-refractivity contribution in [3.8, 4) is 0 Å². The van der Waals surface area contributed by atoms with Gasteiger partial charge in [-0.2, -0.15) is 0 Å². The molecule has 15 N–H and O–H groups in total. The SMILES string of the molecule is CC[C@H](C)C[C@H](C)CCCCCCCCC(=O)N[C@H]1C[C@@H](O)CNC(=O)[C@@H]2[C@@H](O)CCN2C(=O)[C@H]([C@H](O)CC(N)=O)NC(=O)C([C@H](O)Cc2ccc(B(O)O)cc2)NC(=O)[C@@H]2C[C@@H](O)CN2C(=O)[C@H]([C@@H](C)O)NC1=O. The largest absolute Gasteiger partial charge is 0.488 e. The molecular formula is C50H81BN8O16. The molecule has 8 amide bonds. The van der Waals surface area contributed by atoms with Gasteiger partial charge in [0.05, 0.1) is 43.0 Å². The van der Waals surface area contributed by atoms with Crippen molar-refractivity contribution in [3.05, 3.63) is 29.8 Å². The molecule has 1 aromatic carbocycles. The van der Waals surface area contributed by atoms with Gasteiger partial charge in [0.15, 0.2) is 0 Å². The van der Waals surface area contributed by atoms with Crippen LogP contribution in [-0.4, -0.2) is 197 Å². The van der Waals surface area contributed by atoms with E-state index in [1.54, 1.807) is 0 Å². The Bertz CT molecular complexity index is 2090. The number of hydrogen-bond acceptors (Lipinski definition) is 16. The number of benzene rings is 1. The van der Waals surface area contributed by atoms with Gasteiger partial charge in [-0.3, -0.25) is 38.4 Å². The number of fused-ring (bicyclic) bond motifs is 2. The third kappa shape index (κ3) is 18.8. The maximum absolute atomic E-state index is 14.4. The highest BCUT2D eigenvalue weighted by Crippen LogP contribution is 2.24. The van der Waals surface area contributed by atoms with Gasteiger partial charge in [0.1, 0.15) is 36.3 Å². The Hall–Kier alpha value is -5.28. The van der Waals surface area contributed by atoms with E-state index in [2.05, 4.69) is 47.4 Å². The summed E-state index contributed by atoms with van der Waals surface area (Å²) in [7, 11) is -1.84. The highest BCUT2D eigenvalue weighted by atomic mass is 16.4. The average Bonchev–Trinajstić information content (AvgIpc) is 3.94. The fraction of sp³-hybridized carbons (Fsp3) is 0.720. The molecule has 0 saturated carbocycles. The summed E-state index contributed by atoms with van der Waals surface area (Å²) in [6.07, 6.45) is -4.01. The Balaban J connectivity index is 1.66. The number of β-amino-alcohol motifs (C(OH)–C–C–N with tert-alkyl or cyclic N) is 1. The van der Waals surface area contributed by atoms with Crippen LogP contribution >= 0.6 is 0 Å². The van der Waals surface area contributed by atoms with Crippen LogP contribution in [0.1, 0.15) is 123 Å². The van der Waals surface area contributed by atoms with E-state index in [0.29, 0.717) is 23.8 Å². The Labute approximate surface area is 438 Å². The van der Waals surface area contributed by atoms with E-state index in [1.165, 1.54) is 30.7 Å². The Kier molecular flexibility index (Phi) is 24.8. The highest BCUT2D eigenvalue weighted by Gasteiger charge is 2.48. The van der Waals surface area contributed by atoms with Crippen LogP contribution < -0.4 is 37.8 Å². The summed E-state index contributed by atoms with van der Waals surface area (Å²) < 4.78 is 0. The van der Waals surface area contributed by atoms with Crippen molar-refractivity contribution in [1.82, 2.24) is 36.4 Å². The van der Waals surface area contributed by atoms with Crippen LogP contribution in [0.4, 0.5) is 0 Å². The van der Waals surface area contributed by atoms with E-state index in [-0.39, 0.29) is 24.8 Å². The van der Waals surface area contributed by atoms with Crippen LogP contribution in [0.3, 0.4) is 0 Å². The molecule has 3 aliphatic rings. The summed E-state index contributed by atoms with van der Waals surface area (Å²) in [5, 5.41) is 98.2. The standard InChI is InChI=1S/C50H81BN8O16/c1-5-27(2)20-28(3)12-10-8-6-7-9-11-13-40(67)54-34-22-32(61)25-53-48(71)44-36(63)18-19-58(44)50(73)43(38(65)24-39(52)66)57-47(70)42(37(64)21-30-14-16-31(17-15-30)51(74)75)56-46(69)35-23-33(62)26-59(35)49(72)41(29(4)60)55-45(34)68/h14-17,27-29,32-38,41-44,60-65,74-75H,5-13,18-26H2,1-4H3,(H2,52,66)(H,53,71)(H,54,67)(H,55,68)(H,56,69)(H,57,70)/t27-,28+,29+,32+,33+,34-,35-,36-,37+,38+,41-,42?,43-,44-/m0/s1. The van der Waals surface area contributed by atoms with Crippen molar-refractivity contribution in [1.29, 1.82) is 0 Å². The maximum atomic E-state index is 14.4. The molecule has 3 saturated heterocycles. The highest BCUT2D eigenvalue weighted by molar-refractivity contribution is 6.58. The van der Waals surface area contributed by atoms with Gasteiger partial charge in [-0.05, 0) is 49.0 Å². The predicted molar refractivity (Wildman–Crippen MR) is 271 cm³/mol. The minimum Gasteiger partial charge on any atom is -0.423 e. The number of carbonyl (C=O) groups excluding carboxylic acids is 8. The first-order valence-electron chi connectivity index (χ1n) is 26.3. The molecule has 4 rings (SSSR count). The molecule has 0 spiro atoms. The Morgan fingerprint density at radius 1 is 0.747 bits per heavy atom. The summed E-state index contributed by atoms with van der Waals surface area (Å²) >= 11 is 0. The zero-order chi connectivity index (χ0) is 55.7. The maximum Gasteiger partial charge on any atom is 0.488 e. The van der Waals surface area contributed by atoms with Gasteiger partial charge in [0.2, 0.25) is 47.3 Å². The van der Waals surface area contributed by atoms with E-state index < -0.39 is 166 Å². The lowest BCUT2D eigenvalue weighted by Gasteiger charge is -2.33. The van der Waals surface area contributed by atoms with E-state index in [0.717, 1.165) is 61.7 Å². The molecule has 0 radical (unpaired) electrons. The van der Waals surface area contributed by atoms with Gasteiger partial charge in [0.25, 0.3) is 0 Å². The number of aliphatic hydroxyl groups excluding tert-OH is 6. The number of carbonyl (C=O) groups is 8. The molecule has 3 heterocycles. The first-order valence-corrected chi connectivity index (χ1v) is 26.3. The van der Waals surface area contributed by atoms with Crippen molar-refractivity contribution in [2.45, 2.75) is 197 Å². The first-order chi connectivity index (χ1) is 35.4. The average molecular weight is 1060 g/mol. The van der Waals surface area contributed by atoms with Gasteiger partial charge >= 0.3 is 7.12 Å². The molecule has 3 aliphatic heterocycles. The van der Waals surface area contributed by atoms with Gasteiger partial charge in [-0.15, -0.1) is 0 Å². The second-order valence-corrected chi connectivity index (χ2v) is 20.8. The second kappa shape index (κ2) is 29.9. The lowest BCUT2D eigenvalue weighted by molar-refractivity contribution is -0.147. The third-order valence-electron chi connectivity index (χ3n) is 14.4. The van der Waals surface area contributed by atoms with Gasteiger partial charge in [-0.25, -0.2) is 0 Å². The summed E-state index contributed by atoms with van der Waals surface area (Å²) in [5.41, 5.74) is 5.73. The second-order valence-electron chi connectivity index (χ2n) is 20.8. The van der Waals surface area contributed by atoms with E-state index >= 15 is 0 Å². The van der Waals surface area contributed by atoms with Crippen molar-refractivity contribution in [2.24, 2.45) is 17.6 Å². The molecular weight excluding hydrogens is 979 g/mol. The number of nitrogens with two attached hydrogens (primary N) is 1. The molecule has 1 aromatic rings. The Morgan fingerprint density at radius 3 is 1.99 bits per heavy atom. The van der Waals surface area contributed by atoms with E-state index in [4.69, 9.17) is 5.73 Å². The molecule has 0 aliphatic carbocycles. The smallest absolute Gasteiger partial charge is 0.423 e. The van der Waals surface area contributed by atoms with Gasteiger partial charge in [0, 0.05) is 45.3 Å². The van der Waals surface area contributed by atoms with Gasteiger partial charge in [-0.1, -0.05) is 90.0 Å². The fourth-order valence-electron chi connectivity index (χ4n) is 9.94. The van der Waals surface area contributed by atoms with Crippen LogP contribution in [0, 0.1) is 11.8 Å². The Morgan fingerprint density at radius 2 is 1.36 bits per heavy atom. The number of primary amides is 1. The van der Waals surface area contributed by atoms with Crippen molar-refractivity contribution in [2.75, 3.05) is 19.6 Å². The number of unbranched alkanes of at least 4 members (excludes halogenated alkanes) is 5. The predicted octanol–water partition coefficient (Wildman–Crippen LogP) is -4.18. The number of hydrogen-bond donors (Lipinski definition) is 14. The van der Waals surface area contributed by atoms with E-state index in [1.807, 2.05) is 0 Å². The molecule has 3 fully saturated rings. The monoisotopic (exact) mass is 1060 g/mol. The van der Waals surface area contributed by atoms with Crippen molar-refractivity contribution < 1.29 is 79.0 Å². The molecule has 0 bridgehead atoms. The number of nitrogens with one attached hydrogen (secondary N) is 5. The number of rotatable bonds is 21. The summed E-state index contributed by atoms with van der Waals surface area (Å²) in [4.78, 5) is 113. The van der Waals surface area contributed by atoms with Crippen LogP contribution in [-0.2, 0) is 44.8 Å². The lowest BCUT2D eigenvalue weighted by Crippen LogP contribution is -2.64. The van der Waals surface area contributed by atoms with Crippen LogP contribution in [0.15, 0.2) is 24.3 Å². The molecule has 1 unspecified atom stereocenters. The molecule has 14 atom stereocenters. The fourth-order valence-corrected chi connectivity index (χ4v) is 9.94. The van der Waals surface area contributed by atoms with Gasteiger partial charge < -0.3 is 82.8 Å². The molecule has 75 heavy (non-hydrogen) atoms. The summed E-state index contributed by atoms with van der Waals surface area (Å²) in [5.74, 6) is -7.23. The molecule has 24 nitrogen and oxygen atoms in total. The summed E-state index contributed by atoms with van der Waals surface area (Å²) in [6.45, 7) is 6.42. The van der Waals surface area contributed by atoms with Crippen LogP contribution in [0.25, 0.3) is 0 Å².